The van der Waals surface area contributed by atoms with Crippen LogP contribution in [0.25, 0.3) is 0 Å². The summed E-state index contributed by atoms with van der Waals surface area (Å²) in [6.07, 6.45) is 0.718. The van der Waals surface area contributed by atoms with E-state index in [0.29, 0.717) is 5.02 Å². The number of nitrogens with zero attached hydrogens (tertiary/aromatic N) is 1. The number of carbonyl (C=O) groups excluding carboxylic acids is 1. The maximum atomic E-state index is 12.7. The first kappa shape index (κ1) is 16.7. The Morgan fingerprint density at radius 3 is 2.83 bits per heavy atom. The van der Waals surface area contributed by atoms with Crippen molar-refractivity contribution >= 4 is 51.3 Å². The number of rotatable bonds is 3. The lowest BCUT2D eigenvalue weighted by atomic mass is 10.1. The number of nitrogens with one attached hydrogen (secondary N) is 2. The predicted molar refractivity (Wildman–Crippen MR) is 101 cm³/mol. The highest BCUT2D eigenvalue weighted by atomic mass is 35.5. The molecule has 0 spiro atoms. The molecule has 1 aliphatic heterocycles. The first-order chi connectivity index (χ1) is 11.0. The molecule has 2 N–H and O–H groups in total. The fraction of sp³-hybridized carbons (Fsp3) is 0.250. The molecule has 0 aliphatic carbocycles. The van der Waals surface area contributed by atoms with Gasteiger partial charge in [-0.05, 0) is 55.1 Å². The molecule has 1 aromatic carbocycles. The van der Waals surface area contributed by atoms with Crippen molar-refractivity contribution in [2.45, 2.75) is 18.5 Å². The topological polar surface area (TPSA) is 44.4 Å². The maximum absolute atomic E-state index is 12.7. The normalized spacial score (nSPS) is 25.2. The third kappa shape index (κ3) is 3.84. The van der Waals surface area contributed by atoms with Crippen molar-refractivity contribution in [3.8, 4) is 0 Å². The maximum Gasteiger partial charge on any atom is 0.242 e. The molecule has 1 aliphatic rings. The molecule has 2 heterocycles. The van der Waals surface area contributed by atoms with E-state index >= 15 is 0 Å². The van der Waals surface area contributed by atoms with E-state index in [2.05, 4.69) is 27.4 Å². The van der Waals surface area contributed by atoms with E-state index in [9.17, 15) is 4.79 Å². The van der Waals surface area contributed by atoms with Gasteiger partial charge in [-0.1, -0.05) is 28.5 Å². The number of hydrogen-bond donors (Lipinski definition) is 2. The van der Waals surface area contributed by atoms with Gasteiger partial charge in [-0.25, -0.2) is 9.03 Å². The molecule has 1 amide bonds. The number of anilines is 1. The van der Waals surface area contributed by atoms with Crippen LogP contribution in [0.15, 0.2) is 41.8 Å². The summed E-state index contributed by atoms with van der Waals surface area (Å²) in [6.45, 7) is 0. The lowest BCUT2D eigenvalue weighted by molar-refractivity contribution is -0.119. The van der Waals surface area contributed by atoms with Gasteiger partial charge in [0.2, 0.25) is 5.91 Å². The number of thiophene rings is 1. The van der Waals surface area contributed by atoms with Crippen molar-refractivity contribution < 1.29 is 4.79 Å². The molecule has 0 radical (unpaired) electrons. The van der Waals surface area contributed by atoms with E-state index in [0.717, 1.165) is 12.1 Å². The van der Waals surface area contributed by atoms with Crippen molar-refractivity contribution in [3.63, 3.8) is 0 Å². The summed E-state index contributed by atoms with van der Waals surface area (Å²) in [5.74, 6) is 4.12. The third-order valence-corrected chi connectivity index (χ3v) is 6.57. The van der Waals surface area contributed by atoms with Crippen LogP contribution < -0.4 is 10.0 Å². The van der Waals surface area contributed by atoms with E-state index in [-0.39, 0.29) is 18.0 Å². The molecule has 1 fully saturated rings. The Bertz CT molecular complexity index is 703. The van der Waals surface area contributed by atoms with Gasteiger partial charge in [0.25, 0.3) is 0 Å². The molecule has 7 heteroatoms. The third-order valence-electron chi connectivity index (χ3n) is 3.82. The Labute approximate surface area is 147 Å². The van der Waals surface area contributed by atoms with Gasteiger partial charge in [-0.2, -0.15) is 0 Å². The summed E-state index contributed by atoms with van der Waals surface area (Å²) in [5.41, 5.74) is 0.753. The fourth-order valence-corrected chi connectivity index (χ4v) is 4.71. The SMILES string of the molecule is C=S1NC(c2cccs2)CC(C(=O)Nc2ccc(Cl)cc2)N1C. The van der Waals surface area contributed by atoms with Crippen molar-refractivity contribution in [1.29, 1.82) is 0 Å². The molecule has 0 saturated carbocycles. The van der Waals surface area contributed by atoms with Crippen molar-refractivity contribution in [1.82, 2.24) is 9.03 Å². The largest absolute Gasteiger partial charge is 0.325 e. The van der Waals surface area contributed by atoms with Crippen LogP contribution in [0.2, 0.25) is 5.02 Å². The van der Waals surface area contributed by atoms with Crippen molar-refractivity contribution in [3.05, 3.63) is 51.7 Å². The predicted octanol–water partition coefficient (Wildman–Crippen LogP) is 3.91. The zero-order valence-corrected chi connectivity index (χ0v) is 15.0. The summed E-state index contributed by atoms with van der Waals surface area (Å²) in [6, 6.07) is 11.2. The average Bonchev–Trinajstić information content (AvgIpc) is 3.06. The van der Waals surface area contributed by atoms with Gasteiger partial charge in [-0.15, -0.1) is 11.3 Å². The molecule has 3 atom stereocenters. The first-order valence-electron chi connectivity index (χ1n) is 7.17. The Morgan fingerprint density at radius 2 is 2.17 bits per heavy atom. The summed E-state index contributed by atoms with van der Waals surface area (Å²) in [7, 11) is 1.53. The number of likely N-dealkylation sites (N-methyl/N-ethyl adjacent to an activating group) is 1. The molecule has 122 valence electrons. The lowest BCUT2D eigenvalue weighted by Gasteiger charge is -2.38. The summed E-state index contributed by atoms with van der Waals surface area (Å²) < 4.78 is 5.48. The van der Waals surface area contributed by atoms with Crippen LogP contribution in [0.4, 0.5) is 5.69 Å². The van der Waals surface area contributed by atoms with Crippen LogP contribution in [0.3, 0.4) is 0 Å². The standard InChI is InChI=1S/C16H18ClN3OS2/c1-20-14(16(21)18-12-7-5-11(17)6-8-12)10-13(19-23(20)2)15-4-3-9-22-15/h3-9,13-14,19H,2,10H2,1H3,(H,18,21). The number of benzene rings is 1. The molecule has 0 bridgehead atoms. The van der Waals surface area contributed by atoms with Gasteiger partial charge in [-0.3, -0.25) is 4.79 Å². The van der Waals surface area contributed by atoms with Gasteiger partial charge in [0.1, 0.15) is 6.04 Å². The Morgan fingerprint density at radius 1 is 1.43 bits per heavy atom. The van der Waals surface area contributed by atoms with Gasteiger partial charge in [0, 0.05) is 15.6 Å². The monoisotopic (exact) mass is 367 g/mol. The van der Waals surface area contributed by atoms with Crippen LogP contribution in [0.5, 0.6) is 0 Å². The highest BCUT2D eigenvalue weighted by Gasteiger charge is 2.34. The van der Waals surface area contributed by atoms with Crippen LogP contribution in [-0.2, 0) is 4.79 Å². The highest BCUT2D eigenvalue weighted by Crippen LogP contribution is 2.35. The molecule has 1 aromatic heterocycles. The van der Waals surface area contributed by atoms with E-state index in [1.165, 1.54) is 4.88 Å². The molecular weight excluding hydrogens is 350 g/mol. The second-order valence-electron chi connectivity index (χ2n) is 5.34. The van der Waals surface area contributed by atoms with Gasteiger partial charge >= 0.3 is 0 Å². The fourth-order valence-electron chi connectivity index (χ4n) is 2.52. The second kappa shape index (κ2) is 7.15. The van der Waals surface area contributed by atoms with Gasteiger partial charge in [0.05, 0.1) is 6.04 Å². The molecule has 3 rings (SSSR count). The second-order valence-corrected chi connectivity index (χ2v) is 8.30. The number of halogens is 1. The van der Waals surface area contributed by atoms with Gasteiger partial charge in [0.15, 0.2) is 0 Å². The smallest absolute Gasteiger partial charge is 0.242 e. The number of carbonyl (C=O) groups is 1. The molecule has 4 nitrogen and oxygen atoms in total. The van der Waals surface area contributed by atoms with E-state index < -0.39 is 10.9 Å². The van der Waals surface area contributed by atoms with Gasteiger partial charge < -0.3 is 5.32 Å². The average molecular weight is 368 g/mol. The minimum absolute atomic E-state index is 0.0148. The minimum Gasteiger partial charge on any atom is -0.325 e. The molecule has 23 heavy (non-hydrogen) atoms. The van der Waals surface area contributed by atoms with Crippen LogP contribution >= 0.6 is 33.8 Å². The highest BCUT2D eigenvalue weighted by molar-refractivity contribution is 8.10. The van der Waals surface area contributed by atoms with E-state index in [1.807, 2.05) is 29.6 Å². The first-order valence-corrected chi connectivity index (χ1v) is 9.78. The minimum atomic E-state index is -0.404. The lowest BCUT2D eigenvalue weighted by Crippen LogP contribution is -2.47. The summed E-state index contributed by atoms with van der Waals surface area (Å²) in [5, 5.41) is 5.68. The number of hydrogen-bond acceptors (Lipinski definition) is 4. The van der Waals surface area contributed by atoms with Crippen LogP contribution in [0, 0.1) is 0 Å². The summed E-state index contributed by atoms with van der Waals surface area (Å²) >= 11 is 7.58. The Balaban J connectivity index is 1.74. The number of amides is 1. The van der Waals surface area contributed by atoms with E-state index in [1.54, 1.807) is 23.5 Å². The summed E-state index contributed by atoms with van der Waals surface area (Å²) in [4.78, 5) is 13.9. The quantitative estimate of drug-likeness (QED) is 0.808. The molecular formula is C16H18ClN3OS2. The Kier molecular flexibility index (Phi) is 5.18. The van der Waals surface area contributed by atoms with Crippen LogP contribution in [0.1, 0.15) is 17.3 Å². The molecule has 1 saturated heterocycles. The molecule has 2 aromatic rings. The van der Waals surface area contributed by atoms with Crippen molar-refractivity contribution in [2.75, 3.05) is 12.4 Å². The van der Waals surface area contributed by atoms with Crippen molar-refractivity contribution in [2.24, 2.45) is 0 Å². The van der Waals surface area contributed by atoms with Crippen LogP contribution in [-0.4, -0.2) is 29.2 Å². The van der Waals surface area contributed by atoms with E-state index in [4.69, 9.17) is 11.6 Å². The Hall–Kier alpha value is -1.18. The molecule has 3 unspecified atom stereocenters. The zero-order chi connectivity index (χ0) is 16.4. The zero-order valence-electron chi connectivity index (χ0n) is 12.7.